The van der Waals surface area contributed by atoms with Crippen molar-refractivity contribution in [3.63, 3.8) is 0 Å². The third-order valence-electron chi connectivity index (χ3n) is 4.24. The van der Waals surface area contributed by atoms with Crippen LogP contribution in [0.15, 0.2) is 76.6 Å². The van der Waals surface area contributed by atoms with E-state index in [4.69, 9.17) is 0 Å². The van der Waals surface area contributed by atoms with Gasteiger partial charge in [-0.15, -0.1) is 0 Å². The van der Waals surface area contributed by atoms with Gasteiger partial charge in [0.15, 0.2) is 5.78 Å². The van der Waals surface area contributed by atoms with Crippen molar-refractivity contribution in [3.05, 3.63) is 83.1 Å². The Bertz CT molecular complexity index is 894. The molecule has 0 bridgehead atoms. The van der Waals surface area contributed by atoms with E-state index in [0.717, 1.165) is 28.0 Å². The van der Waals surface area contributed by atoms with Crippen LogP contribution in [0.4, 0.5) is 5.69 Å². The SMILES string of the molecule is Cc1ccc(N=N/C=C2/C=C(C(C)(C)C)C(=O)c3ccccc32)cc1. The van der Waals surface area contributed by atoms with Gasteiger partial charge in [0.25, 0.3) is 0 Å². The molecule has 0 spiro atoms. The van der Waals surface area contributed by atoms with Crippen LogP contribution in [0.3, 0.4) is 0 Å². The topological polar surface area (TPSA) is 41.8 Å². The number of rotatable bonds is 2. The third-order valence-corrected chi connectivity index (χ3v) is 4.24. The van der Waals surface area contributed by atoms with Crippen LogP contribution in [0.25, 0.3) is 5.57 Å². The standard InChI is InChI=1S/C22H22N2O/c1-15-9-11-17(12-10-15)24-23-14-16-13-20(22(2,3)4)21(25)19-8-6-5-7-18(16)19/h5-14H,1-4H3/b16-14-,24-23?. The van der Waals surface area contributed by atoms with E-state index in [-0.39, 0.29) is 11.2 Å². The maximum Gasteiger partial charge on any atom is 0.190 e. The number of benzene rings is 2. The summed E-state index contributed by atoms with van der Waals surface area (Å²) in [6.07, 6.45) is 3.68. The molecule has 3 heteroatoms. The first-order valence-corrected chi connectivity index (χ1v) is 8.40. The fraction of sp³-hybridized carbons (Fsp3) is 0.227. The van der Waals surface area contributed by atoms with Crippen molar-refractivity contribution in [2.24, 2.45) is 15.6 Å². The zero-order valence-electron chi connectivity index (χ0n) is 15.1. The van der Waals surface area contributed by atoms with Gasteiger partial charge in [-0.2, -0.15) is 10.2 Å². The molecule has 3 nitrogen and oxygen atoms in total. The summed E-state index contributed by atoms with van der Waals surface area (Å²) in [4.78, 5) is 12.8. The summed E-state index contributed by atoms with van der Waals surface area (Å²) in [6.45, 7) is 8.19. The van der Waals surface area contributed by atoms with Crippen molar-refractivity contribution in [3.8, 4) is 0 Å². The van der Waals surface area contributed by atoms with E-state index in [0.29, 0.717) is 0 Å². The Balaban J connectivity index is 2.01. The summed E-state index contributed by atoms with van der Waals surface area (Å²) in [5.74, 6) is 0.0933. The van der Waals surface area contributed by atoms with Gasteiger partial charge in [-0.3, -0.25) is 4.79 Å². The van der Waals surface area contributed by atoms with E-state index in [1.54, 1.807) is 6.20 Å². The average Bonchev–Trinajstić information content (AvgIpc) is 2.58. The van der Waals surface area contributed by atoms with Gasteiger partial charge in [0, 0.05) is 16.7 Å². The van der Waals surface area contributed by atoms with Crippen LogP contribution in [-0.2, 0) is 0 Å². The molecule has 0 saturated carbocycles. The molecule has 3 rings (SSSR count). The number of ketones is 1. The quantitative estimate of drug-likeness (QED) is 0.597. The van der Waals surface area contributed by atoms with E-state index in [1.807, 2.05) is 61.5 Å². The van der Waals surface area contributed by atoms with E-state index >= 15 is 0 Å². The van der Waals surface area contributed by atoms with Crippen LogP contribution in [0, 0.1) is 12.3 Å². The van der Waals surface area contributed by atoms with Gasteiger partial charge < -0.3 is 0 Å². The highest BCUT2D eigenvalue weighted by atomic mass is 16.1. The van der Waals surface area contributed by atoms with Crippen molar-refractivity contribution < 1.29 is 4.79 Å². The molecule has 1 aliphatic rings. The number of carbonyl (C=O) groups excluding carboxylic acids is 1. The van der Waals surface area contributed by atoms with Crippen LogP contribution >= 0.6 is 0 Å². The lowest BCUT2D eigenvalue weighted by atomic mass is 9.76. The Morgan fingerprint density at radius 3 is 2.20 bits per heavy atom. The average molecular weight is 330 g/mol. The molecule has 0 amide bonds. The largest absolute Gasteiger partial charge is 0.289 e. The molecule has 0 unspecified atom stereocenters. The highest BCUT2D eigenvalue weighted by Crippen LogP contribution is 2.37. The number of fused-ring (bicyclic) bond motifs is 1. The molecule has 25 heavy (non-hydrogen) atoms. The van der Waals surface area contributed by atoms with E-state index in [2.05, 4.69) is 31.0 Å². The van der Waals surface area contributed by atoms with Gasteiger partial charge >= 0.3 is 0 Å². The lowest BCUT2D eigenvalue weighted by Gasteiger charge is -2.27. The van der Waals surface area contributed by atoms with Crippen LogP contribution in [0.2, 0.25) is 0 Å². The maximum absolute atomic E-state index is 12.8. The monoisotopic (exact) mass is 330 g/mol. The molecule has 2 aromatic carbocycles. The summed E-state index contributed by atoms with van der Waals surface area (Å²) >= 11 is 0. The van der Waals surface area contributed by atoms with Crippen molar-refractivity contribution >= 4 is 17.0 Å². The second kappa shape index (κ2) is 6.60. The molecule has 0 heterocycles. The second-order valence-corrected chi connectivity index (χ2v) is 7.32. The van der Waals surface area contributed by atoms with Crippen molar-refractivity contribution in [1.29, 1.82) is 0 Å². The van der Waals surface area contributed by atoms with Crippen LogP contribution in [0.5, 0.6) is 0 Å². The Kier molecular flexibility index (Phi) is 4.49. The van der Waals surface area contributed by atoms with Crippen molar-refractivity contribution in [1.82, 2.24) is 0 Å². The number of azo groups is 1. The number of allylic oxidation sites excluding steroid dienone is 3. The summed E-state index contributed by atoms with van der Waals surface area (Å²) in [5.41, 5.74) is 5.11. The molecule has 0 radical (unpaired) electrons. The lowest BCUT2D eigenvalue weighted by Crippen LogP contribution is -2.22. The number of aryl methyl sites for hydroxylation is 1. The minimum atomic E-state index is -0.224. The van der Waals surface area contributed by atoms with Gasteiger partial charge in [-0.1, -0.05) is 62.7 Å². The summed E-state index contributed by atoms with van der Waals surface area (Å²) in [5, 5.41) is 8.50. The molecule has 2 aromatic rings. The molecule has 0 aliphatic heterocycles. The second-order valence-electron chi connectivity index (χ2n) is 7.32. The fourth-order valence-corrected chi connectivity index (χ4v) is 2.81. The lowest BCUT2D eigenvalue weighted by molar-refractivity contribution is 0.101. The third kappa shape index (κ3) is 3.66. The zero-order chi connectivity index (χ0) is 18.0. The van der Waals surface area contributed by atoms with Crippen LogP contribution in [-0.4, -0.2) is 5.78 Å². The van der Waals surface area contributed by atoms with Crippen molar-refractivity contribution in [2.45, 2.75) is 27.7 Å². The first-order chi connectivity index (χ1) is 11.9. The predicted octanol–water partition coefficient (Wildman–Crippen LogP) is 6.29. The molecular weight excluding hydrogens is 308 g/mol. The number of hydrogen-bond acceptors (Lipinski definition) is 3. The normalized spacial score (nSPS) is 16.2. The van der Waals surface area contributed by atoms with Gasteiger partial charge in [0.1, 0.15) is 0 Å². The molecule has 0 fully saturated rings. The zero-order valence-corrected chi connectivity index (χ0v) is 15.1. The highest BCUT2D eigenvalue weighted by Gasteiger charge is 2.30. The van der Waals surface area contributed by atoms with E-state index in [1.165, 1.54) is 5.56 Å². The molecular formula is C22H22N2O. The number of carbonyl (C=O) groups is 1. The molecule has 126 valence electrons. The number of nitrogens with zero attached hydrogens (tertiary/aromatic N) is 2. The fourth-order valence-electron chi connectivity index (χ4n) is 2.81. The number of hydrogen-bond donors (Lipinski definition) is 0. The minimum Gasteiger partial charge on any atom is -0.289 e. The molecule has 0 aromatic heterocycles. The Hall–Kier alpha value is -2.81. The van der Waals surface area contributed by atoms with Crippen LogP contribution in [0.1, 0.15) is 42.3 Å². The summed E-state index contributed by atoms with van der Waals surface area (Å²) in [7, 11) is 0. The Morgan fingerprint density at radius 2 is 1.56 bits per heavy atom. The van der Waals surface area contributed by atoms with Crippen LogP contribution < -0.4 is 0 Å². The van der Waals surface area contributed by atoms with E-state index < -0.39 is 0 Å². The maximum atomic E-state index is 12.8. The first kappa shape index (κ1) is 17.0. The van der Waals surface area contributed by atoms with E-state index in [9.17, 15) is 4.79 Å². The first-order valence-electron chi connectivity index (χ1n) is 8.40. The van der Waals surface area contributed by atoms with Gasteiger partial charge in [-0.25, -0.2) is 0 Å². The van der Waals surface area contributed by atoms with Crippen molar-refractivity contribution in [2.75, 3.05) is 0 Å². The Morgan fingerprint density at radius 1 is 0.920 bits per heavy atom. The summed E-state index contributed by atoms with van der Waals surface area (Å²) in [6, 6.07) is 15.6. The van der Waals surface area contributed by atoms with Gasteiger partial charge in [0.05, 0.1) is 11.9 Å². The van der Waals surface area contributed by atoms with Gasteiger partial charge in [-0.05, 0) is 36.1 Å². The Labute approximate surface area is 148 Å². The smallest absolute Gasteiger partial charge is 0.190 e. The number of Topliss-reactive ketones (excluding diaryl/α,β-unsaturated/α-hetero) is 1. The van der Waals surface area contributed by atoms with Gasteiger partial charge in [0.2, 0.25) is 0 Å². The highest BCUT2D eigenvalue weighted by molar-refractivity contribution is 6.16. The molecule has 0 saturated heterocycles. The molecule has 0 N–H and O–H groups in total. The molecule has 0 atom stereocenters. The molecule has 1 aliphatic carbocycles. The minimum absolute atomic E-state index is 0.0933. The summed E-state index contributed by atoms with van der Waals surface area (Å²) < 4.78 is 0. The predicted molar refractivity (Wildman–Crippen MR) is 102 cm³/mol.